The molecule has 18 heavy (non-hydrogen) atoms. The van der Waals surface area contributed by atoms with Crippen LogP contribution in [0, 0.1) is 0 Å². The molecule has 0 aromatic carbocycles. The van der Waals surface area contributed by atoms with Crippen LogP contribution in [0.2, 0.25) is 0 Å². The van der Waals surface area contributed by atoms with Crippen molar-refractivity contribution in [2.45, 2.75) is 64.6 Å². The van der Waals surface area contributed by atoms with E-state index in [2.05, 4.69) is 35.5 Å². The molecule has 5 nitrogen and oxygen atoms in total. The second-order valence-corrected chi connectivity index (χ2v) is 5.94. The Hall–Kier alpha value is -0.940. The first-order chi connectivity index (χ1) is 8.52. The van der Waals surface area contributed by atoms with Gasteiger partial charge in [0.25, 0.3) is 0 Å². The topological polar surface area (TPSA) is 66.0 Å². The van der Waals surface area contributed by atoms with E-state index in [9.17, 15) is 0 Å². The fourth-order valence-corrected chi connectivity index (χ4v) is 2.56. The van der Waals surface area contributed by atoms with Gasteiger partial charge >= 0.3 is 0 Å². The second kappa shape index (κ2) is 5.36. The molecule has 2 heterocycles. The number of aromatic nitrogens is 3. The molecule has 1 fully saturated rings. The van der Waals surface area contributed by atoms with Crippen molar-refractivity contribution in [1.29, 1.82) is 0 Å². The molecule has 1 aliphatic heterocycles. The van der Waals surface area contributed by atoms with Gasteiger partial charge < -0.3 is 15.0 Å². The number of rotatable bonds is 3. The maximum absolute atomic E-state index is 5.78. The van der Waals surface area contributed by atoms with E-state index >= 15 is 0 Å². The molecule has 102 valence electrons. The zero-order chi connectivity index (χ0) is 13.2. The van der Waals surface area contributed by atoms with E-state index in [1.54, 1.807) is 0 Å². The molecule has 1 aliphatic rings. The summed E-state index contributed by atoms with van der Waals surface area (Å²) in [6.07, 6.45) is 4.67. The van der Waals surface area contributed by atoms with Crippen LogP contribution < -0.4 is 5.73 Å². The molecular formula is C13H24N4O. The summed E-state index contributed by atoms with van der Waals surface area (Å²) in [6, 6.07) is 0. The van der Waals surface area contributed by atoms with Crippen molar-refractivity contribution < 1.29 is 4.74 Å². The van der Waals surface area contributed by atoms with Crippen LogP contribution in [0.3, 0.4) is 0 Å². The average molecular weight is 252 g/mol. The van der Waals surface area contributed by atoms with Gasteiger partial charge in [0, 0.05) is 18.6 Å². The molecule has 1 aromatic rings. The minimum Gasteiger partial charge on any atom is -0.378 e. The van der Waals surface area contributed by atoms with Crippen LogP contribution >= 0.6 is 0 Å². The van der Waals surface area contributed by atoms with Crippen LogP contribution in [0.25, 0.3) is 0 Å². The molecule has 2 N–H and O–H groups in total. The first kappa shape index (κ1) is 13.5. The quantitative estimate of drug-likeness (QED) is 0.887. The van der Waals surface area contributed by atoms with E-state index in [1.807, 2.05) is 0 Å². The van der Waals surface area contributed by atoms with Crippen molar-refractivity contribution in [3.05, 3.63) is 11.6 Å². The van der Waals surface area contributed by atoms with Crippen molar-refractivity contribution >= 4 is 0 Å². The Morgan fingerprint density at radius 1 is 1.28 bits per heavy atom. The first-order valence-corrected chi connectivity index (χ1v) is 6.77. The van der Waals surface area contributed by atoms with Crippen LogP contribution in [-0.4, -0.2) is 27.5 Å². The normalized spacial score (nSPS) is 21.2. The lowest BCUT2D eigenvalue weighted by atomic mass is 10.0. The Labute approximate surface area is 109 Å². The molecule has 1 aromatic heterocycles. The smallest absolute Gasteiger partial charge is 0.147 e. The lowest BCUT2D eigenvalue weighted by molar-refractivity contribution is 0.0146. The zero-order valence-corrected chi connectivity index (χ0v) is 11.6. The average Bonchev–Trinajstić information content (AvgIpc) is 2.73. The predicted octanol–water partition coefficient (Wildman–Crippen LogP) is 1.60. The van der Waals surface area contributed by atoms with Crippen LogP contribution in [0.4, 0.5) is 0 Å². The van der Waals surface area contributed by atoms with E-state index in [1.165, 1.54) is 12.8 Å². The summed E-state index contributed by atoms with van der Waals surface area (Å²) in [4.78, 5) is 0. The highest BCUT2D eigenvalue weighted by Gasteiger charge is 2.25. The monoisotopic (exact) mass is 252 g/mol. The van der Waals surface area contributed by atoms with E-state index in [4.69, 9.17) is 10.5 Å². The molecule has 1 unspecified atom stereocenters. The van der Waals surface area contributed by atoms with E-state index in [0.717, 1.165) is 31.1 Å². The number of ether oxygens (including phenoxy) is 1. The van der Waals surface area contributed by atoms with Crippen LogP contribution in [-0.2, 0) is 23.2 Å². The van der Waals surface area contributed by atoms with Gasteiger partial charge in [-0.3, -0.25) is 0 Å². The third kappa shape index (κ3) is 2.90. The van der Waals surface area contributed by atoms with Crippen molar-refractivity contribution in [3.63, 3.8) is 0 Å². The molecule has 0 amide bonds. The van der Waals surface area contributed by atoms with Gasteiger partial charge in [0.05, 0.1) is 12.6 Å². The van der Waals surface area contributed by atoms with Gasteiger partial charge in [-0.1, -0.05) is 0 Å². The van der Waals surface area contributed by atoms with E-state index in [0.29, 0.717) is 6.54 Å². The van der Waals surface area contributed by atoms with Crippen LogP contribution in [0.15, 0.2) is 0 Å². The third-order valence-electron chi connectivity index (χ3n) is 3.33. The summed E-state index contributed by atoms with van der Waals surface area (Å²) in [5.74, 6) is 1.85. The summed E-state index contributed by atoms with van der Waals surface area (Å²) in [7, 11) is 0. The molecular weight excluding hydrogens is 228 g/mol. The SMILES string of the molecule is CC(C)(C)n1c(CN)nnc1CC1CCCCO1. The van der Waals surface area contributed by atoms with Crippen LogP contribution in [0.1, 0.15) is 51.7 Å². The number of nitrogens with two attached hydrogens (primary N) is 1. The Balaban J connectivity index is 2.19. The highest BCUT2D eigenvalue weighted by molar-refractivity contribution is 5.02. The molecule has 1 atom stereocenters. The van der Waals surface area contributed by atoms with Crippen molar-refractivity contribution in [3.8, 4) is 0 Å². The van der Waals surface area contributed by atoms with Gasteiger partial charge in [0.2, 0.25) is 0 Å². The second-order valence-electron chi connectivity index (χ2n) is 5.94. The van der Waals surface area contributed by atoms with Crippen LogP contribution in [0.5, 0.6) is 0 Å². The molecule has 2 rings (SSSR count). The summed E-state index contributed by atoms with van der Waals surface area (Å²) in [6.45, 7) is 7.76. The van der Waals surface area contributed by atoms with Crippen molar-refractivity contribution in [2.24, 2.45) is 5.73 Å². The zero-order valence-electron chi connectivity index (χ0n) is 11.6. The Morgan fingerprint density at radius 3 is 2.56 bits per heavy atom. The van der Waals surface area contributed by atoms with E-state index in [-0.39, 0.29) is 11.6 Å². The molecule has 1 saturated heterocycles. The van der Waals surface area contributed by atoms with E-state index < -0.39 is 0 Å². The van der Waals surface area contributed by atoms with Gasteiger partial charge in [-0.15, -0.1) is 10.2 Å². The van der Waals surface area contributed by atoms with Gasteiger partial charge in [0.1, 0.15) is 11.6 Å². The molecule has 0 radical (unpaired) electrons. The highest BCUT2D eigenvalue weighted by atomic mass is 16.5. The summed E-state index contributed by atoms with van der Waals surface area (Å²) in [5, 5.41) is 8.50. The van der Waals surface area contributed by atoms with Crippen molar-refractivity contribution in [1.82, 2.24) is 14.8 Å². The lowest BCUT2D eigenvalue weighted by Gasteiger charge is -2.27. The Kier molecular flexibility index (Phi) is 4.02. The van der Waals surface area contributed by atoms with Gasteiger partial charge in [0.15, 0.2) is 0 Å². The van der Waals surface area contributed by atoms with Gasteiger partial charge in [-0.25, -0.2) is 0 Å². The Morgan fingerprint density at radius 2 is 2.00 bits per heavy atom. The fraction of sp³-hybridized carbons (Fsp3) is 0.846. The molecule has 0 bridgehead atoms. The highest BCUT2D eigenvalue weighted by Crippen LogP contribution is 2.22. The summed E-state index contributed by atoms with van der Waals surface area (Å²) in [5.41, 5.74) is 5.70. The molecule has 0 aliphatic carbocycles. The standard InChI is InChI=1S/C13H24N4O/c1-13(2,3)17-11(15-16-12(17)9-14)8-10-6-4-5-7-18-10/h10H,4-9,14H2,1-3H3. The summed E-state index contributed by atoms with van der Waals surface area (Å²) >= 11 is 0. The third-order valence-corrected chi connectivity index (χ3v) is 3.33. The summed E-state index contributed by atoms with van der Waals surface area (Å²) < 4.78 is 7.94. The number of hydrogen-bond acceptors (Lipinski definition) is 4. The fourth-order valence-electron chi connectivity index (χ4n) is 2.56. The maximum atomic E-state index is 5.78. The van der Waals surface area contributed by atoms with Gasteiger partial charge in [-0.05, 0) is 40.0 Å². The minimum atomic E-state index is -0.0395. The number of nitrogens with zero attached hydrogens (tertiary/aromatic N) is 3. The first-order valence-electron chi connectivity index (χ1n) is 6.77. The Bertz CT molecular complexity index is 388. The maximum Gasteiger partial charge on any atom is 0.147 e. The lowest BCUT2D eigenvalue weighted by Crippen LogP contribution is -2.30. The largest absolute Gasteiger partial charge is 0.378 e. The molecule has 5 heteroatoms. The molecule has 0 spiro atoms. The molecule has 0 saturated carbocycles. The predicted molar refractivity (Wildman–Crippen MR) is 70.2 cm³/mol. The van der Waals surface area contributed by atoms with Gasteiger partial charge in [-0.2, -0.15) is 0 Å². The minimum absolute atomic E-state index is 0.0395. The van der Waals surface area contributed by atoms with Crippen molar-refractivity contribution in [2.75, 3.05) is 6.61 Å². The number of hydrogen-bond donors (Lipinski definition) is 1.